The molecular weight excluding hydrogens is 422 g/mol. The Hall–Kier alpha value is -1.42. The summed E-state index contributed by atoms with van der Waals surface area (Å²) in [6, 6.07) is -2.11. The zero-order valence-electron chi connectivity index (χ0n) is 19.1. The minimum Gasteiger partial charge on any atom is -0.378 e. The summed E-state index contributed by atoms with van der Waals surface area (Å²) in [7, 11) is 0. The number of piperidine rings is 1. The van der Waals surface area contributed by atoms with Gasteiger partial charge in [-0.2, -0.15) is 0 Å². The topological polar surface area (TPSA) is 151 Å². The molecule has 3 aliphatic rings. The number of rotatable bonds is 7. The first-order chi connectivity index (χ1) is 13.8. The van der Waals surface area contributed by atoms with Crippen molar-refractivity contribution in [1.29, 1.82) is 0 Å². The van der Waals surface area contributed by atoms with E-state index in [0.717, 1.165) is 6.42 Å². The Balaban J connectivity index is 0.00000341. The summed E-state index contributed by atoms with van der Waals surface area (Å²) < 4.78 is 0. The number of amides is 3. The maximum Gasteiger partial charge on any atom is 0.240 e. The van der Waals surface area contributed by atoms with Crippen LogP contribution in [-0.4, -0.2) is 65.2 Å². The fourth-order valence-electron chi connectivity index (χ4n) is 5.45. The summed E-state index contributed by atoms with van der Waals surface area (Å²) in [6.07, 6.45) is 0.375. The van der Waals surface area contributed by atoms with Crippen LogP contribution in [0.1, 0.15) is 47.5 Å². The van der Waals surface area contributed by atoms with Gasteiger partial charge in [0, 0.05) is 12.5 Å². The van der Waals surface area contributed by atoms with Crippen LogP contribution in [0, 0.1) is 28.6 Å². The van der Waals surface area contributed by atoms with Crippen LogP contribution in [0.15, 0.2) is 0 Å². The predicted octanol–water partition coefficient (Wildman–Crippen LogP) is -0.447. The lowest BCUT2D eigenvalue weighted by Crippen LogP contribution is -2.61. The number of hydrogen-bond donors (Lipinski definition) is 5. The molecule has 2 aliphatic heterocycles. The normalized spacial score (nSPS) is 33.2. The summed E-state index contributed by atoms with van der Waals surface area (Å²) in [5, 5.41) is 16.2. The molecule has 3 unspecified atom stereocenters. The molecule has 0 spiro atoms. The first-order valence-electron chi connectivity index (χ1n) is 10.8. The minimum absolute atomic E-state index is 0. The van der Waals surface area contributed by atoms with E-state index in [1.807, 2.05) is 20.8 Å². The molecule has 3 fully saturated rings. The molecule has 178 valence electrons. The van der Waals surface area contributed by atoms with Gasteiger partial charge in [-0.05, 0) is 42.1 Å². The average Bonchev–Trinajstić information content (AvgIpc) is 3.00. The van der Waals surface area contributed by atoms with Gasteiger partial charge in [0.1, 0.15) is 12.3 Å². The third-order valence-electron chi connectivity index (χ3n) is 7.46. The average molecular weight is 460 g/mol. The second kappa shape index (κ2) is 8.84. The molecule has 0 aromatic heterocycles. The Bertz CT molecular complexity index is 725. The molecule has 0 bridgehead atoms. The molecular formula is C21H38ClN5O4. The summed E-state index contributed by atoms with van der Waals surface area (Å²) in [4.78, 5) is 39.6. The van der Waals surface area contributed by atoms with E-state index in [9.17, 15) is 19.5 Å². The van der Waals surface area contributed by atoms with Crippen molar-refractivity contribution in [2.24, 2.45) is 40.1 Å². The molecule has 1 aliphatic carbocycles. The van der Waals surface area contributed by atoms with Crippen LogP contribution in [0.4, 0.5) is 0 Å². The number of hydrogen-bond acceptors (Lipinski definition) is 6. The molecule has 9 nitrogen and oxygen atoms in total. The van der Waals surface area contributed by atoms with E-state index < -0.39 is 41.6 Å². The van der Waals surface area contributed by atoms with Crippen LogP contribution in [0.2, 0.25) is 0 Å². The Morgan fingerprint density at radius 1 is 1.26 bits per heavy atom. The predicted molar refractivity (Wildman–Crippen MR) is 119 cm³/mol. The molecule has 3 amide bonds. The SMILES string of the molecule is CC1(C)C2CN(C(=O)[C@@H](N[C@@H](C[C@@H]3CCN[C@H]3O)C(N)=O)C(C)(C)C)C(C(N)=O)C21.Cl. The van der Waals surface area contributed by atoms with Crippen LogP contribution in [-0.2, 0) is 14.4 Å². The van der Waals surface area contributed by atoms with Gasteiger partial charge in [0.15, 0.2) is 0 Å². The van der Waals surface area contributed by atoms with Crippen molar-refractivity contribution in [3.63, 3.8) is 0 Å². The quantitative estimate of drug-likeness (QED) is 0.348. The van der Waals surface area contributed by atoms with E-state index in [1.54, 1.807) is 4.90 Å². The van der Waals surface area contributed by atoms with Crippen LogP contribution in [0.5, 0.6) is 0 Å². The number of nitrogens with one attached hydrogen (secondary N) is 2. The van der Waals surface area contributed by atoms with Gasteiger partial charge in [-0.1, -0.05) is 34.6 Å². The van der Waals surface area contributed by atoms with Gasteiger partial charge in [0.2, 0.25) is 17.7 Å². The highest BCUT2D eigenvalue weighted by Crippen LogP contribution is 2.64. The lowest BCUT2D eigenvalue weighted by molar-refractivity contribution is -0.143. The summed E-state index contributed by atoms with van der Waals surface area (Å²) in [5.41, 5.74) is 10.8. The van der Waals surface area contributed by atoms with Crippen LogP contribution in [0.3, 0.4) is 0 Å². The van der Waals surface area contributed by atoms with E-state index in [-0.39, 0.29) is 41.5 Å². The molecule has 10 heteroatoms. The number of halogens is 1. The number of primary amides is 2. The molecule has 0 radical (unpaired) electrons. The third-order valence-corrected chi connectivity index (χ3v) is 7.46. The van der Waals surface area contributed by atoms with Crippen LogP contribution in [0.25, 0.3) is 0 Å². The number of aliphatic hydroxyl groups is 1. The van der Waals surface area contributed by atoms with Gasteiger partial charge in [-0.25, -0.2) is 0 Å². The van der Waals surface area contributed by atoms with Crippen molar-refractivity contribution in [3.05, 3.63) is 0 Å². The molecule has 7 atom stereocenters. The Morgan fingerprint density at radius 3 is 2.32 bits per heavy atom. The summed E-state index contributed by atoms with van der Waals surface area (Å²) >= 11 is 0. The number of likely N-dealkylation sites (tertiary alicyclic amines) is 1. The molecule has 0 aromatic carbocycles. The van der Waals surface area contributed by atoms with E-state index in [2.05, 4.69) is 24.5 Å². The maximum atomic E-state index is 13.6. The lowest BCUT2D eigenvalue weighted by Gasteiger charge is -2.39. The van der Waals surface area contributed by atoms with Crippen molar-refractivity contribution in [1.82, 2.24) is 15.5 Å². The van der Waals surface area contributed by atoms with Gasteiger partial charge >= 0.3 is 0 Å². The number of fused-ring (bicyclic) bond motifs is 1. The fraction of sp³-hybridized carbons (Fsp3) is 0.857. The maximum absolute atomic E-state index is 13.6. The Kier molecular flexibility index (Phi) is 7.37. The van der Waals surface area contributed by atoms with Gasteiger partial charge < -0.3 is 21.5 Å². The number of aliphatic hydroxyl groups excluding tert-OH is 1. The van der Waals surface area contributed by atoms with E-state index in [4.69, 9.17) is 11.5 Å². The van der Waals surface area contributed by atoms with Crippen LogP contribution < -0.4 is 22.1 Å². The Morgan fingerprint density at radius 2 is 1.87 bits per heavy atom. The molecule has 3 rings (SSSR count). The molecule has 7 N–H and O–H groups in total. The lowest BCUT2D eigenvalue weighted by atomic mass is 9.84. The first-order valence-corrected chi connectivity index (χ1v) is 10.8. The number of nitrogens with two attached hydrogens (primary N) is 2. The van der Waals surface area contributed by atoms with Gasteiger partial charge in [-0.3, -0.25) is 25.0 Å². The van der Waals surface area contributed by atoms with E-state index in [0.29, 0.717) is 19.5 Å². The van der Waals surface area contributed by atoms with Crippen molar-refractivity contribution in [3.8, 4) is 0 Å². The van der Waals surface area contributed by atoms with Gasteiger partial charge in [0.25, 0.3) is 0 Å². The monoisotopic (exact) mass is 459 g/mol. The zero-order valence-corrected chi connectivity index (χ0v) is 19.9. The molecule has 2 saturated heterocycles. The highest BCUT2D eigenvalue weighted by molar-refractivity contribution is 5.92. The molecule has 31 heavy (non-hydrogen) atoms. The van der Waals surface area contributed by atoms with Crippen molar-refractivity contribution < 1.29 is 19.5 Å². The fourth-order valence-corrected chi connectivity index (χ4v) is 5.45. The van der Waals surface area contributed by atoms with Crippen molar-refractivity contribution in [2.45, 2.75) is 71.8 Å². The highest BCUT2D eigenvalue weighted by atomic mass is 35.5. The van der Waals surface area contributed by atoms with E-state index in [1.165, 1.54) is 0 Å². The van der Waals surface area contributed by atoms with Gasteiger partial charge in [0.05, 0.1) is 12.1 Å². The Labute approximate surface area is 190 Å². The largest absolute Gasteiger partial charge is 0.378 e. The summed E-state index contributed by atoms with van der Waals surface area (Å²) in [5.74, 6) is -1.07. The first kappa shape index (κ1) is 25.8. The van der Waals surface area contributed by atoms with Crippen molar-refractivity contribution in [2.75, 3.05) is 13.1 Å². The number of carbonyl (C=O) groups is 3. The van der Waals surface area contributed by atoms with Crippen molar-refractivity contribution >= 4 is 30.1 Å². The molecule has 1 saturated carbocycles. The highest BCUT2D eigenvalue weighted by Gasteiger charge is 2.69. The number of carbonyl (C=O) groups excluding carboxylic acids is 3. The minimum atomic E-state index is -0.765. The summed E-state index contributed by atoms with van der Waals surface area (Å²) in [6.45, 7) is 11.1. The van der Waals surface area contributed by atoms with E-state index >= 15 is 0 Å². The van der Waals surface area contributed by atoms with Gasteiger partial charge in [-0.15, -0.1) is 12.4 Å². The van der Waals surface area contributed by atoms with Crippen LogP contribution >= 0.6 is 12.4 Å². The second-order valence-corrected chi connectivity index (χ2v) is 10.9. The second-order valence-electron chi connectivity index (χ2n) is 10.9. The smallest absolute Gasteiger partial charge is 0.240 e. The third kappa shape index (κ3) is 4.84. The molecule has 0 aromatic rings. The number of nitrogens with zero attached hydrogens (tertiary/aromatic N) is 1. The standard InChI is InChI=1S/C21H37N5O4.ClH/c1-20(2,3)15(25-12(16(22)27)8-10-6-7-24-18(10)29)19(30)26-9-11-13(21(11,4)5)14(26)17(23)28;/h10-15,18,24-25,29H,6-9H2,1-5H3,(H2,22,27)(H2,23,28);1H/t10-,11?,12-,13?,14?,15+,18-;/m0./s1. The molecule has 2 heterocycles. The zero-order chi connectivity index (χ0) is 22.6.